The molecule has 0 aromatic carbocycles. The van der Waals surface area contributed by atoms with E-state index in [4.69, 9.17) is 22.9 Å². The van der Waals surface area contributed by atoms with Crippen molar-refractivity contribution < 1.29 is 0 Å². The molecule has 0 aromatic heterocycles. The smallest absolute Gasteiger partial charge is 0.235 e. The minimum absolute atomic E-state index is 0. The molecule has 0 fully saturated rings. The Morgan fingerprint density at radius 2 is 1.88 bits per heavy atom. The average molecular weight is 118 g/mol. The molecular weight excluding hydrogens is 107 g/mol. The second-order valence-corrected chi connectivity index (χ2v) is 0.900. The lowest BCUT2D eigenvalue weighted by molar-refractivity contribution is 0.442. The van der Waals surface area contributed by atoms with Crippen LogP contribution in [0.2, 0.25) is 0 Å². The van der Waals surface area contributed by atoms with Crippen molar-refractivity contribution in [3.05, 3.63) is 0 Å². The zero-order chi connectivity index (χ0) is 5.86. The molecule has 0 aliphatic rings. The first-order valence-electron chi connectivity index (χ1n) is 1.53. The van der Waals surface area contributed by atoms with Gasteiger partial charge >= 0.3 is 0 Å². The van der Waals surface area contributed by atoms with Gasteiger partial charge in [-0.15, -0.1) is 0 Å². The zero-order valence-corrected chi connectivity index (χ0v) is 3.68. The maximum atomic E-state index is 6.63. The highest BCUT2D eigenvalue weighted by Crippen LogP contribution is 1.54. The van der Waals surface area contributed by atoms with Gasteiger partial charge < -0.3 is 0 Å². The van der Waals surface area contributed by atoms with Gasteiger partial charge in [0.15, 0.2) is 0 Å². The molecule has 0 aromatic rings. The molecule has 6 nitrogen and oxygen atoms in total. The van der Waals surface area contributed by atoms with E-state index in [-0.39, 0.29) is 14.4 Å². The molecule has 0 atom stereocenters. The summed E-state index contributed by atoms with van der Waals surface area (Å²) in [5, 5.41) is 7.20. The third kappa shape index (κ3) is 3.41. The SMILES string of the molecule is B.N=C(NN)N(N)N. The van der Waals surface area contributed by atoms with E-state index >= 15 is 0 Å². The van der Waals surface area contributed by atoms with Gasteiger partial charge in [0.2, 0.25) is 5.96 Å². The third-order valence-corrected chi connectivity index (χ3v) is 0.395. The van der Waals surface area contributed by atoms with Crippen LogP contribution in [0.5, 0.6) is 0 Å². The van der Waals surface area contributed by atoms with Crippen molar-refractivity contribution >= 4 is 14.4 Å². The first kappa shape index (κ1) is 10.2. The third-order valence-electron chi connectivity index (χ3n) is 0.395. The topological polar surface area (TPSA) is 117 Å². The molecule has 0 rings (SSSR count). The number of nitrogens with zero attached hydrogens (tertiary/aromatic N) is 1. The van der Waals surface area contributed by atoms with Crippen molar-refractivity contribution in [2.24, 2.45) is 17.5 Å². The van der Waals surface area contributed by atoms with Crippen molar-refractivity contribution in [3.8, 4) is 0 Å². The molecule has 7 heteroatoms. The summed E-state index contributed by atoms with van der Waals surface area (Å²) in [6.07, 6.45) is 0. The fourth-order valence-corrected chi connectivity index (χ4v) is 0.0745. The lowest BCUT2D eigenvalue weighted by atomic mass is 10.8. The van der Waals surface area contributed by atoms with Crippen molar-refractivity contribution in [1.29, 1.82) is 5.41 Å². The number of guanidine groups is 1. The number of nitrogens with one attached hydrogen (secondary N) is 2. The summed E-state index contributed by atoms with van der Waals surface area (Å²) in [6.45, 7) is 0. The van der Waals surface area contributed by atoms with Gasteiger partial charge in [0.25, 0.3) is 0 Å². The minimum atomic E-state index is -0.236. The highest BCUT2D eigenvalue weighted by molar-refractivity contribution is 5.75. The molecule has 0 saturated carbocycles. The summed E-state index contributed by atoms with van der Waals surface area (Å²) in [6, 6.07) is 0. The fourth-order valence-electron chi connectivity index (χ4n) is 0.0745. The molecule has 0 heterocycles. The summed E-state index contributed by atoms with van der Waals surface area (Å²) in [7, 11) is 0. The predicted octanol–water partition coefficient (Wildman–Crippen LogP) is -3.75. The molecule has 0 saturated heterocycles. The van der Waals surface area contributed by atoms with Crippen LogP contribution in [-0.4, -0.2) is 19.5 Å². The number of hydrogen-bond donors (Lipinski definition) is 5. The van der Waals surface area contributed by atoms with Crippen LogP contribution in [0.4, 0.5) is 0 Å². The van der Waals surface area contributed by atoms with E-state index in [0.717, 1.165) is 0 Å². The maximum absolute atomic E-state index is 6.63. The summed E-state index contributed by atoms with van der Waals surface area (Å²) in [4.78, 5) is 0. The molecular formula is CH11BN6. The van der Waals surface area contributed by atoms with Gasteiger partial charge in [-0.1, -0.05) is 0 Å². The minimum Gasteiger partial charge on any atom is -0.292 e. The summed E-state index contributed by atoms with van der Waals surface area (Å²) in [5.74, 6) is 14.0. The van der Waals surface area contributed by atoms with Gasteiger partial charge in [-0.25, -0.2) is 22.6 Å². The second-order valence-electron chi connectivity index (χ2n) is 0.900. The van der Waals surface area contributed by atoms with Crippen LogP contribution in [0.15, 0.2) is 0 Å². The van der Waals surface area contributed by atoms with E-state index in [2.05, 4.69) is 0 Å². The van der Waals surface area contributed by atoms with E-state index in [1.165, 1.54) is 0 Å². The maximum Gasteiger partial charge on any atom is 0.235 e. The van der Waals surface area contributed by atoms with Gasteiger partial charge in [-0.05, 0) is 0 Å². The predicted molar refractivity (Wildman–Crippen MR) is 35.2 cm³/mol. The molecule has 48 valence electrons. The largest absolute Gasteiger partial charge is 0.292 e. The molecule has 0 radical (unpaired) electrons. The molecule has 8 heavy (non-hydrogen) atoms. The lowest BCUT2D eigenvalue weighted by Gasteiger charge is -2.09. The van der Waals surface area contributed by atoms with Crippen LogP contribution in [0.25, 0.3) is 0 Å². The van der Waals surface area contributed by atoms with E-state index in [1.54, 1.807) is 0 Å². The molecule has 0 aliphatic carbocycles. The monoisotopic (exact) mass is 118 g/mol. The molecule has 0 aliphatic heterocycles. The Morgan fingerprint density at radius 1 is 1.50 bits per heavy atom. The van der Waals surface area contributed by atoms with Crippen LogP contribution in [0, 0.1) is 5.41 Å². The quantitative estimate of drug-likeness (QED) is 0.0736. The summed E-state index contributed by atoms with van der Waals surface area (Å²) >= 11 is 0. The zero-order valence-electron chi connectivity index (χ0n) is 3.68. The molecule has 0 bridgehead atoms. The van der Waals surface area contributed by atoms with Crippen molar-refractivity contribution in [3.63, 3.8) is 0 Å². The Bertz CT molecular complexity index is 68.9. The number of rotatable bonds is 0. The summed E-state index contributed by atoms with van der Waals surface area (Å²) < 4.78 is 0. The van der Waals surface area contributed by atoms with Crippen LogP contribution >= 0.6 is 0 Å². The lowest BCUT2D eigenvalue weighted by Crippen LogP contribution is -2.51. The Kier molecular flexibility index (Phi) is 5.61. The van der Waals surface area contributed by atoms with Gasteiger partial charge in [0.05, 0.1) is 8.41 Å². The van der Waals surface area contributed by atoms with E-state index in [9.17, 15) is 0 Å². The van der Waals surface area contributed by atoms with E-state index < -0.39 is 0 Å². The number of nitrogens with two attached hydrogens (primary N) is 3. The van der Waals surface area contributed by atoms with Crippen LogP contribution in [-0.2, 0) is 0 Å². The van der Waals surface area contributed by atoms with Gasteiger partial charge in [-0.3, -0.25) is 10.8 Å². The van der Waals surface area contributed by atoms with Crippen molar-refractivity contribution in [1.82, 2.24) is 10.5 Å². The van der Waals surface area contributed by atoms with Crippen LogP contribution in [0.1, 0.15) is 0 Å². The Hall–Kier alpha value is -0.785. The Labute approximate surface area is 49.0 Å². The fraction of sp³-hybridized carbons (Fsp3) is 0. The van der Waals surface area contributed by atoms with Gasteiger partial charge in [0, 0.05) is 0 Å². The molecule has 0 amide bonds. The number of hydrogen-bond acceptors (Lipinski definition) is 4. The van der Waals surface area contributed by atoms with Crippen molar-refractivity contribution in [2.45, 2.75) is 0 Å². The van der Waals surface area contributed by atoms with E-state index in [0.29, 0.717) is 5.12 Å². The molecule has 8 N–H and O–H groups in total. The standard InChI is InChI=1S/CH8N6.BH3/c2-1(6-3)7(4)5;/h3-5H2,(H2,2,6);1H3. The number of hydrazine groups is 3. The van der Waals surface area contributed by atoms with Crippen molar-refractivity contribution in [2.75, 3.05) is 0 Å². The molecule has 0 unspecified atom stereocenters. The first-order chi connectivity index (χ1) is 3.18. The Morgan fingerprint density at radius 3 is 1.88 bits per heavy atom. The van der Waals surface area contributed by atoms with Crippen LogP contribution in [0.3, 0.4) is 0 Å². The molecule has 0 spiro atoms. The van der Waals surface area contributed by atoms with E-state index in [1.807, 2.05) is 5.43 Å². The average Bonchev–Trinajstić information content (AvgIpc) is 1.65. The normalized spacial score (nSPS) is 6.88. The van der Waals surface area contributed by atoms with Crippen LogP contribution < -0.4 is 23.0 Å². The second kappa shape index (κ2) is 4.38. The van der Waals surface area contributed by atoms with Gasteiger partial charge in [-0.2, -0.15) is 0 Å². The first-order valence-corrected chi connectivity index (χ1v) is 1.53. The summed E-state index contributed by atoms with van der Waals surface area (Å²) in [5.41, 5.74) is 1.92. The Balaban J connectivity index is 0. The highest BCUT2D eigenvalue weighted by Gasteiger charge is 1.90. The van der Waals surface area contributed by atoms with Gasteiger partial charge in [0.1, 0.15) is 0 Å². The highest BCUT2D eigenvalue weighted by atomic mass is 15.7.